The van der Waals surface area contributed by atoms with Gasteiger partial charge in [-0.1, -0.05) is 13.5 Å². The monoisotopic (exact) mass is 445 g/mol. The first kappa shape index (κ1) is 21.8. The summed E-state index contributed by atoms with van der Waals surface area (Å²) >= 11 is 0. The second-order valence-electron chi connectivity index (χ2n) is 7.35. The van der Waals surface area contributed by atoms with Gasteiger partial charge in [0.15, 0.2) is 0 Å². The van der Waals surface area contributed by atoms with Crippen LogP contribution >= 0.6 is 0 Å². The number of nitrogens with zero attached hydrogens (tertiary/aromatic N) is 2. The number of halogens is 1. The van der Waals surface area contributed by atoms with E-state index in [2.05, 4.69) is 43.0 Å². The van der Waals surface area contributed by atoms with E-state index in [4.69, 9.17) is 0 Å². The number of hydrogen-bond acceptors (Lipinski definition) is 6. The lowest BCUT2D eigenvalue weighted by Gasteiger charge is -2.15. The molecule has 0 saturated carbocycles. The first-order chi connectivity index (χ1) is 16.0. The minimum absolute atomic E-state index is 0.160. The fourth-order valence-corrected chi connectivity index (χ4v) is 3.52. The molecule has 0 unspecified atom stereocenters. The van der Waals surface area contributed by atoms with Gasteiger partial charge in [0.2, 0.25) is 0 Å². The number of carbonyl (C=O) groups is 1. The third-order valence-electron chi connectivity index (χ3n) is 5.15. The number of benzene rings is 2. The van der Waals surface area contributed by atoms with Crippen LogP contribution in [0.4, 0.5) is 27.1 Å². The summed E-state index contributed by atoms with van der Waals surface area (Å²) in [4.78, 5) is 16.6. The van der Waals surface area contributed by atoms with Gasteiger partial charge in [0.1, 0.15) is 11.6 Å². The van der Waals surface area contributed by atoms with Gasteiger partial charge in [0, 0.05) is 41.8 Å². The van der Waals surface area contributed by atoms with Gasteiger partial charge in [0.05, 0.1) is 23.1 Å². The number of aromatic amines is 1. The van der Waals surface area contributed by atoms with Gasteiger partial charge < -0.3 is 21.3 Å². The summed E-state index contributed by atoms with van der Waals surface area (Å²) in [5.41, 5.74) is 4.42. The Morgan fingerprint density at radius 2 is 1.94 bits per heavy atom. The summed E-state index contributed by atoms with van der Waals surface area (Å²) in [5.74, 6) is -0.110. The van der Waals surface area contributed by atoms with Crippen molar-refractivity contribution in [2.24, 2.45) is 0 Å². The molecular weight excluding hydrogens is 421 g/mol. The van der Waals surface area contributed by atoms with Crippen molar-refractivity contribution in [3.05, 3.63) is 84.3 Å². The topological polar surface area (TPSA) is 107 Å². The fraction of sp³-hybridized carbons (Fsp3) is 0.125. The summed E-state index contributed by atoms with van der Waals surface area (Å²) in [7, 11) is 1.60. The minimum atomic E-state index is -0.432. The highest BCUT2D eigenvalue weighted by Crippen LogP contribution is 2.30. The van der Waals surface area contributed by atoms with Crippen LogP contribution in [0.3, 0.4) is 0 Å². The van der Waals surface area contributed by atoms with Gasteiger partial charge in [-0.25, -0.2) is 4.39 Å². The molecule has 168 valence electrons. The van der Waals surface area contributed by atoms with Crippen molar-refractivity contribution in [3.8, 4) is 0 Å². The molecular formula is C24H24FN7O. The summed E-state index contributed by atoms with van der Waals surface area (Å²) < 4.78 is 14.9. The number of aryl methyl sites for hydroxylation is 1. The molecule has 0 radical (unpaired) electrons. The van der Waals surface area contributed by atoms with Crippen molar-refractivity contribution in [2.75, 3.05) is 23.0 Å². The number of pyridine rings is 1. The number of hydrogen-bond donors (Lipinski definition) is 5. The Labute approximate surface area is 190 Å². The summed E-state index contributed by atoms with van der Waals surface area (Å²) in [5, 5.41) is 19.2. The molecule has 8 nitrogen and oxygen atoms in total. The molecule has 0 aliphatic rings. The zero-order chi connectivity index (χ0) is 23.4. The second kappa shape index (κ2) is 9.39. The molecule has 9 heteroatoms. The van der Waals surface area contributed by atoms with Crippen LogP contribution in [-0.4, -0.2) is 28.1 Å². The maximum atomic E-state index is 14.9. The van der Waals surface area contributed by atoms with Crippen molar-refractivity contribution in [3.63, 3.8) is 0 Å². The van der Waals surface area contributed by atoms with Crippen molar-refractivity contribution in [2.45, 2.75) is 13.3 Å². The molecule has 2 aromatic heterocycles. The predicted octanol–water partition coefficient (Wildman–Crippen LogP) is 4.76. The van der Waals surface area contributed by atoms with Gasteiger partial charge in [-0.05, 0) is 48.4 Å². The van der Waals surface area contributed by atoms with E-state index in [0.29, 0.717) is 40.4 Å². The lowest BCUT2D eigenvalue weighted by atomic mass is 10.00. The van der Waals surface area contributed by atoms with Gasteiger partial charge in [-0.3, -0.25) is 14.9 Å². The molecule has 0 spiro atoms. The quantitative estimate of drug-likeness (QED) is 0.268. The SMILES string of the molecule is C=C(Nc1cn[nH]c1)Nc1ccc(Nc2ccnc3cc(C(=O)NC)c(CC)cc23)c(F)c1. The number of rotatable bonds is 8. The number of amides is 1. The van der Waals surface area contributed by atoms with E-state index in [9.17, 15) is 9.18 Å². The number of fused-ring (bicyclic) bond motifs is 1. The maximum absolute atomic E-state index is 14.9. The van der Waals surface area contributed by atoms with E-state index in [1.165, 1.54) is 6.07 Å². The summed E-state index contributed by atoms with van der Waals surface area (Å²) in [6.45, 7) is 5.87. The molecule has 0 bridgehead atoms. The Kier molecular flexibility index (Phi) is 6.21. The number of carbonyl (C=O) groups excluding carboxylic acids is 1. The van der Waals surface area contributed by atoms with Crippen LogP contribution in [0.25, 0.3) is 10.9 Å². The predicted molar refractivity (Wildman–Crippen MR) is 129 cm³/mol. The Hall–Kier alpha value is -4.40. The fourth-order valence-electron chi connectivity index (χ4n) is 3.52. The van der Waals surface area contributed by atoms with Gasteiger partial charge in [0.25, 0.3) is 5.91 Å². The summed E-state index contributed by atoms with van der Waals surface area (Å²) in [6.07, 6.45) is 5.60. The molecule has 2 aromatic carbocycles. The molecule has 0 atom stereocenters. The molecule has 0 aliphatic carbocycles. The van der Waals surface area contributed by atoms with E-state index in [0.717, 1.165) is 16.6 Å². The second-order valence-corrected chi connectivity index (χ2v) is 7.35. The molecule has 5 N–H and O–H groups in total. The average Bonchev–Trinajstić information content (AvgIpc) is 3.32. The molecule has 4 aromatic rings. The normalized spacial score (nSPS) is 10.6. The highest BCUT2D eigenvalue weighted by Gasteiger charge is 2.14. The van der Waals surface area contributed by atoms with Gasteiger partial charge >= 0.3 is 0 Å². The Balaban J connectivity index is 1.57. The van der Waals surface area contributed by atoms with Crippen LogP contribution in [0.5, 0.6) is 0 Å². The lowest BCUT2D eigenvalue weighted by Crippen LogP contribution is -2.19. The highest BCUT2D eigenvalue weighted by molar-refractivity contribution is 6.02. The van der Waals surface area contributed by atoms with Crippen LogP contribution in [0.1, 0.15) is 22.8 Å². The number of nitrogens with one attached hydrogen (secondary N) is 5. The Morgan fingerprint density at radius 3 is 2.64 bits per heavy atom. The van der Waals surface area contributed by atoms with Crippen LogP contribution in [0, 0.1) is 5.82 Å². The Morgan fingerprint density at radius 1 is 1.12 bits per heavy atom. The van der Waals surface area contributed by atoms with Crippen LogP contribution in [-0.2, 0) is 6.42 Å². The number of anilines is 4. The van der Waals surface area contributed by atoms with Crippen molar-refractivity contribution < 1.29 is 9.18 Å². The summed E-state index contributed by atoms with van der Waals surface area (Å²) in [6, 6.07) is 10.3. The van der Waals surface area contributed by atoms with Crippen molar-refractivity contribution in [1.29, 1.82) is 0 Å². The average molecular weight is 446 g/mol. The zero-order valence-corrected chi connectivity index (χ0v) is 18.3. The molecule has 0 fully saturated rings. The highest BCUT2D eigenvalue weighted by atomic mass is 19.1. The largest absolute Gasteiger partial charge is 0.355 e. The van der Waals surface area contributed by atoms with Gasteiger partial charge in [-0.15, -0.1) is 0 Å². The minimum Gasteiger partial charge on any atom is -0.355 e. The molecule has 33 heavy (non-hydrogen) atoms. The van der Waals surface area contributed by atoms with Crippen molar-refractivity contribution >= 4 is 39.6 Å². The van der Waals surface area contributed by atoms with Gasteiger partial charge in [-0.2, -0.15) is 5.10 Å². The standard InChI is InChI=1S/C24H24FN7O/c1-4-15-9-19-21(7-8-27-23(19)11-18(15)24(33)26-3)32-22-6-5-16(10-20(22)25)30-14(2)31-17-12-28-29-13-17/h5-13,30-31H,2,4H2,1,3H3,(H,26,33)(H,27,32)(H,28,29). The van der Waals surface area contributed by atoms with Crippen LogP contribution < -0.4 is 21.3 Å². The van der Waals surface area contributed by atoms with E-state index in [1.807, 2.05) is 13.0 Å². The smallest absolute Gasteiger partial charge is 0.251 e. The Bertz CT molecular complexity index is 1320. The van der Waals surface area contributed by atoms with Crippen LogP contribution in [0.15, 0.2) is 67.4 Å². The molecule has 2 heterocycles. The van der Waals surface area contributed by atoms with E-state index < -0.39 is 5.82 Å². The lowest BCUT2D eigenvalue weighted by molar-refractivity contribution is 0.0962. The van der Waals surface area contributed by atoms with Crippen LogP contribution in [0.2, 0.25) is 0 Å². The first-order valence-electron chi connectivity index (χ1n) is 10.4. The molecule has 0 saturated heterocycles. The third kappa shape index (κ3) is 4.77. The molecule has 1 amide bonds. The molecule has 0 aliphatic heterocycles. The number of H-pyrrole nitrogens is 1. The van der Waals surface area contributed by atoms with Crippen molar-refractivity contribution in [1.82, 2.24) is 20.5 Å². The maximum Gasteiger partial charge on any atom is 0.251 e. The third-order valence-corrected chi connectivity index (χ3v) is 5.15. The van der Waals surface area contributed by atoms with E-state index in [1.54, 1.807) is 49.9 Å². The number of aromatic nitrogens is 3. The van der Waals surface area contributed by atoms with E-state index in [-0.39, 0.29) is 5.91 Å². The first-order valence-corrected chi connectivity index (χ1v) is 10.4. The van der Waals surface area contributed by atoms with E-state index >= 15 is 0 Å². The zero-order valence-electron chi connectivity index (χ0n) is 18.3. The molecule has 4 rings (SSSR count).